The number of aromatic carboxylic acids is 1. The smallest absolute Gasteiger partial charge is 0.336 e. The molecule has 0 saturated carbocycles. The van der Waals surface area contributed by atoms with Crippen LogP contribution in [-0.4, -0.2) is 21.3 Å². The Hall–Kier alpha value is -3.23. The van der Waals surface area contributed by atoms with Crippen molar-refractivity contribution in [2.75, 3.05) is 4.90 Å². The third-order valence-corrected chi connectivity index (χ3v) is 5.49. The van der Waals surface area contributed by atoms with Gasteiger partial charge in [-0.2, -0.15) is 0 Å². The highest BCUT2D eigenvalue weighted by molar-refractivity contribution is 8.27. The largest absolute Gasteiger partial charge is 0.478 e. The van der Waals surface area contributed by atoms with Gasteiger partial charge in [-0.25, -0.2) is 9.18 Å². The fraction of sp³-hybridized carbons (Fsp3) is 0. The molecule has 0 atom stereocenters. The van der Waals surface area contributed by atoms with Gasteiger partial charge < -0.3 is 9.52 Å². The van der Waals surface area contributed by atoms with Crippen molar-refractivity contribution in [1.82, 2.24) is 0 Å². The summed E-state index contributed by atoms with van der Waals surface area (Å²) in [7, 11) is 0. The summed E-state index contributed by atoms with van der Waals surface area (Å²) < 4.78 is 19.5. The summed E-state index contributed by atoms with van der Waals surface area (Å²) in [5.41, 5.74) is 0.907. The average molecular weight is 425 g/mol. The topological polar surface area (TPSA) is 70.8 Å². The molecule has 5 nitrogen and oxygen atoms in total. The standard InChI is InChI=1S/C21H12FNO4S2/c22-12-4-3-5-13(10-12)23-19(24)18(29-21(23)28)11-14-8-9-17(27-14)15-6-1-2-7-16(15)20(25)26/h1-11H,(H,25,26)/b18-11+. The van der Waals surface area contributed by atoms with Crippen molar-refractivity contribution in [2.24, 2.45) is 0 Å². The van der Waals surface area contributed by atoms with Crippen molar-refractivity contribution in [1.29, 1.82) is 0 Å². The lowest BCUT2D eigenvalue weighted by atomic mass is 10.1. The van der Waals surface area contributed by atoms with Crippen LogP contribution in [0.1, 0.15) is 16.1 Å². The number of carboxylic acids is 1. The van der Waals surface area contributed by atoms with Gasteiger partial charge in [0.1, 0.15) is 17.3 Å². The second-order valence-corrected chi connectivity index (χ2v) is 7.73. The number of carboxylic acid groups (broad SMARTS) is 1. The number of thioether (sulfide) groups is 1. The van der Waals surface area contributed by atoms with E-state index >= 15 is 0 Å². The van der Waals surface area contributed by atoms with E-state index in [-0.39, 0.29) is 15.8 Å². The van der Waals surface area contributed by atoms with Crippen LogP contribution in [0.4, 0.5) is 10.1 Å². The van der Waals surface area contributed by atoms with Gasteiger partial charge in [-0.15, -0.1) is 0 Å². The van der Waals surface area contributed by atoms with Crippen LogP contribution in [0.25, 0.3) is 17.4 Å². The maximum atomic E-state index is 13.5. The number of halogens is 1. The number of hydrogen-bond acceptors (Lipinski definition) is 5. The number of amides is 1. The molecule has 3 aromatic rings. The van der Waals surface area contributed by atoms with E-state index in [1.165, 1.54) is 35.2 Å². The monoisotopic (exact) mass is 425 g/mol. The Balaban J connectivity index is 1.64. The lowest BCUT2D eigenvalue weighted by Crippen LogP contribution is -2.27. The SMILES string of the molecule is O=C(O)c1ccccc1-c1ccc(/C=C2/SC(=S)N(c3cccc(F)c3)C2=O)o1. The second-order valence-electron chi connectivity index (χ2n) is 6.05. The van der Waals surface area contributed by atoms with Crippen molar-refractivity contribution in [3.05, 3.63) is 82.7 Å². The van der Waals surface area contributed by atoms with Gasteiger partial charge in [0, 0.05) is 11.6 Å². The van der Waals surface area contributed by atoms with Crippen molar-refractivity contribution in [2.45, 2.75) is 0 Å². The van der Waals surface area contributed by atoms with Gasteiger partial charge in [0.15, 0.2) is 4.32 Å². The Kier molecular flexibility index (Phi) is 5.04. The molecule has 2 aromatic carbocycles. The minimum Gasteiger partial charge on any atom is -0.478 e. The summed E-state index contributed by atoms with van der Waals surface area (Å²) in [5.74, 6) is -1.16. The van der Waals surface area contributed by atoms with E-state index in [9.17, 15) is 19.1 Å². The zero-order valence-corrected chi connectivity index (χ0v) is 16.3. The summed E-state index contributed by atoms with van der Waals surface area (Å²) in [6.45, 7) is 0. The normalized spacial score (nSPS) is 15.3. The first-order valence-electron chi connectivity index (χ1n) is 8.40. The number of carbonyl (C=O) groups excluding carboxylic acids is 1. The van der Waals surface area contributed by atoms with Gasteiger partial charge in [0.25, 0.3) is 5.91 Å². The van der Waals surface area contributed by atoms with Gasteiger partial charge in [-0.3, -0.25) is 9.69 Å². The third kappa shape index (κ3) is 3.72. The Labute approximate surface area is 174 Å². The molecule has 144 valence electrons. The molecule has 1 saturated heterocycles. The van der Waals surface area contributed by atoms with Crippen molar-refractivity contribution in [3.8, 4) is 11.3 Å². The number of hydrogen-bond donors (Lipinski definition) is 1. The lowest BCUT2D eigenvalue weighted by Gasteiger charge is -2.14. The van der Waals surface area contributed by atoms with Crippen LogP contribution in [0.15, 0.2) is 70.0 Å². The van der Waals surface area contributed by atoms with E-state index in [2.05, 4.69) is 0 Å². The molecule has 1 aromatic heterocycles. The summed E-state index contributed by atoms with van der Waals surface area (Å²) in [4.78, 5) is 25.8. The number of carbonyl (C=O) groups is 2. The van der Waals surface area contributed by atoms with E-state index in [1.54, 1.807) is 36.4 Å². The highest BCUT2D eigenvalue weighted by atomic mass is 32.2. The van der Waals surface area contributed by atoms with Crippen LogP contribution >= 0.6 is 24.0 Å². The van der Waals surface area contributed by atoms with Crippen LogP contribution in [0.5, 0.6) is 0 Å². The van der Waals surface area contributed by atoms with E-state index in [4.69, 9.17) is 16.6 Å². The fourth-order valence-electron chi connectivity index (χ4n) is 2.89. The van der Waals surface area contributed by atoms with Crippen molar-refractivity contribution in [3.63, 3.8) is 0 Å². The third-order valence-electron chi connectivity index (χ3n) is 4.18. The first-order chi connectivity index (χ1) is 13.9. The Morgan fingerprint density at radius 2 is 1.93 bits per heavy atom. The number of thiocarbonyl (C=S) groups is 1. The Morgan fingerprint density at radius 3 is 2.69 bits per heavy atom. The highest BCUT2D eigenvalue weighted by Gasteiger charge is 2.33. The molecular formula is C21H12FNO4S2. The van der Waals surface area contributed by atoms with Crippen LogP contribution in [0, 0.1) is 5.82 Å². The molecule has 8 heteroatoms. The summed E-state index contributed by atoms with van der Waals surface area (Å²) in [6.07, 6.45) is 1.53. The molecule has 0 radical (unpaired) electrons. The maximum absolute atomic E-state index is 13.5. The quantitative estimate of drug-likeness (QED) is 0.458. The molecule has 1 aliphatic rings. The van der Waals surface area contributed by atoms with Gasteiger partial charge in [-0.1, -0.05) is 48.2 Å². The van der Waals surface area contributed by atoms with Gasteiger partial charge in [0.2, 0.25) is 0 Å². The molecule has 1 aliphatic heterocycles. The molecule has 4 rings (SSSR count). The van der Waals surface area contributed by atoms with Crippen LogP contribution < -0.4 is 4.90 Å². The maximum Gasteiger partial charge on any atom is 0.336 e. The van der Waals surface area contributed by atoms with E-state index in [1.807, 2.05) is 0 Å². The molecule has 0 spiro atoms. The van der Waals surface area contributed by atoms with Crippen LogP contribution in [0.3, 0.4) is 0 Å². The Morgan fingerprint density at radius 1 is 1.14 bits per heavy atom. The molecule has 29 heavy (non-hydrogen) atoms. The second kappa shape index (κ2) is 7.65. The number of benzene rings is 2. The van der Waals surface area contributed by atoms with E-state index < -0.39 is 11.8 Å². The number of furan rings is 1. The number of nitrogens with zero attached hydrogens (tertiary/aromatic N) is 1. The minimum atomic E-state index is -1.06. The fourth-order valence-corrected chi connectivity index (χ4v) is 4.17. The van der Waals surface area contributed by atoms with Crippen molar-refractivity contribution < 1.29 is 23.5 Å². The van der Waals surface area contributed by atoms with Gasteiger partial charge in [-0.05, 0) is 36.4 Å². The molecule has 0 aliphatic carbocycles. The van der Waals surface area contributed by atoms with E-state index in [0.717, 1.165) is 11.8 Å². The highest BCUT2D eigenvalue weighted by Crippen LogP contribution is 2.37. The van der Waals surface area contributed by atoms with Crippen LogP contribution in [0.2, 0.25) is 0 Å². The molecule has 1 amide bonds. The first-order valence-corrected chi connectivity index (χ1v) is 9.62. The molecule has 0 unspecified atom stereocenters. The minimum absolute atomic E-state index is 0.117. The zero-order chi connectivity index (χ0) is 20.5. The number of anilines is 1. The van der Waals surface area contributed by atoms with Gasteiger partial charge >= 0.3 is 5.97 Å². The average Bonchev–Trinajstić information content (AvgIpc) is 3.26. The predicted octanol–water partition coefficient (Wildman–Crippen LogP) is 5.19. The number of rotatable bonds is 4. The molecule has 0 bridgehead atoms. The zero-order valence-electron chi connectivity index (χ0n) is 14.7. The van der Waals surface area contributed by atoms with Gasteiger partial charge in [0.05, 0.1) is 16.2 Å². The molecule has 1 N–H and O–H groups in total. The molecule has 2 heterocycles. The van der Waals surface area contributed by atoms with Crippen molar-refractivity contribution >= 4 is 51.9 Å². The first kappa shape index (κ1) is 19.1. The summed E-state index contributed by atoms with van der Waals surface area (Å²) in [6, 6.07) is 15.4. The summed E-state index contributed by atoms with van der Waals surface area (Å²) in [5, 5.41) is 9.34. The lowest BCUT2D eigenvalue weighted by molar-refractivity contribution is -0.113. The molecule has 1 fully saturated rings. The molecular weight excluding hydrogens is 413 g/mol. The van der Waals surface area contributed by atoms with Crippen LogP contribution in [-0.2, 0) is 4.79 Å². The predicted molar refractivity (Wildman–Crippen MR) is 113 cm³/mol. The summed E-state index contributed by atoms with van der Waals surface area (Å²) >= 11 is 6.36. The Bertz CT molecular complexity index is 1180. The van der Waals surface area contributed by atoms with E-state index in [0.29, 0.717) is 27.7 Å².